The molecule has 0 atom stereocenters. The van der Waals surface area contributed by atoms with E-state index in [4.69, 9.17) is 0 Å². The van der Waals surface area contributed by atoms with Gasteiger partial charge in [-0.1, -0.05) is 18.3 Å². The number of aryl methyl sites for hydroxylation is 3. The zero-order valence-electron chi connectivity index (χ0n) is 11.4. The number of nitrogens with zero attached hydrogens (tertiary/aromatic N) is 5. The van der Waals surface area contributed by atoms with E-state index in [9.17, 15) is 4.79 Å². The summed E-state index contributed by atoms with van der Waals surface area (Å²) < 4.78 is 3.08. The van der Waals surface area contributed by atoms with Crippen LogP contribution in [0.1, 0.15) is 18.3 Å². The van der Waals surface area contributed by atoms with Crippen LogP contribution in [0.4, 0.5) is 10.9 Å². The Morgan fingerprint density at radius 2 is 2.15 bits per heavy atom. The van der Waals surface area contributed by atoms with E-state index in [-0.39, 0.29) is 5.56 Å². The summed E-state index contributed by atoms with van der Waals surface area (Å²) in [6, 6.07) is 3.43. The van der Waals surface area contributed by atoms with Gasteiger partial charge in [-0.15, -0.1) is 5.10 Å². The minimum absolute atomic E-state index is 0.159. The number of fused-ring (bicyclic) bond motifs is 1. The van der Waals surface area contributed by atoms with E-state index in [1.54, 1.807) is 4.68 Å². The summed E-state index contributed by atoms with van der Waals surface area (Å²) >= 11 is 1.33. The van der Waals surface area contributed by atoms with Crippen molar-refractivity contribution in [3.05, 3.63) is 33.9 Å². The van der Waals surface area contributed by atoms with E-state index in [0.717, 1.165) is 17.8 Å². The zero-order valence-corrected chi connectivity index (χ0v) is 12.2. The average molecular weight is 290 g/mol. The lowest BCUT2D eigenvalue weighted by atomic mass is 10.3. The standard InChI is InChI=1S/C12H14N6OS/c1-4-8-6-10(19)18-12(13-8)20-11(16-18)14-9-5-7(2)17(3)15-9/h5-6H,4H2,1-3H3,(H,14,15,16). The van der Waals surface area contributed by atoms with Gasteiger partial charge in [-0.3, -0.25) is 9.48 Å². The molecule has 0 radical (unpaired) electrons. The highest BCUT2D eigenvalue weighted by atomic mass is 32.1. The minimum Gasteiger partial charge on any atom is -0.313 e. The molecule has 3 aromatic rings. The third-order valence-electron chi connectivity index (χ3n) is 3.01. The van der Waals surface area contributed by atoms with E-state index < -0.39 is 0 Å². The molecule has 0 bridgehead atoms. The van der Waals surface area contributed by atoms with Crippen LogP contribution in [0, 0.1) is 6.92 Å². The van der Waals surface area contributed by atoms with E-state index in [1.165, 1.54) is 21.9 Å². The molecule has 0 spiro atoms. The molecule has 0 saturated carbocycles. The van der Waals surface area contributed by atoms with E-state index in [1.807, 2.05) is 27.0 Å². The van der Waals surface area contributed by atoms with Crippen LogP contribution < -0.4 is 10.9 Å². The molecule has 1 N–H and O–H groups in total. The van der Waals surface area contributed by atoms with Gasteiger partial charge in [0.2, 0.25) is 10.1 Å². The Labute approximate surface area is 118 Å². The number of anilines is 2. The summed E-state index contributed by atoms with van der Waals surface area (Å²) in [6.07, 6.45) is 0.728. The largest absolute Gasteiger partial charge is 0.313 e. The van der Waals surface area contributed by atoms with Crippen LogP contribution in [0.25, 0.3) is 4.96 Å². The fourth-order valence-electron chi connectivity index (χ4n) is 1.82. The molecule has 0 saturated heterocycles. The van der Waals surface area contributed by atoms with Crippen LogP contribution in [-0.4, -0.2) is 24.4 Å². The second-order valence-corrected chi connectivity index (χ2v) is 5.42. The monoisotopic (exact) mass is 290 g/mol. The highest BCUT2D eigenvalue weighted by Gasteiger charge is 2.10. The van der Waals surface area contributed by atoms with Crippen molar-refractivity contribution in [1.82, 2.24) is 24.4 Å². The van der Waals surface area contributed by atoms with Crippen molar-refractivity contribution in [1.29, 1.82) is 0 Å². The minimum atomic E-state index is -0.159. The normalized spacial score (nSPS) is 11.2. The lowest BCUT2D eigenvalue weighted by Gasteiger charge is -1.94. The van der Waals surface area contributed by atoms with E-state index in [2.05, 4.69) is 20.5 Å². The van der Waals surface area contributed by atoms with Crippen LogP contribution in [-0.2, 0) is 13.5 Å². The molecule has 8 heteroatoms. The maximum atomic E-state index is 11.9. The third-order valence-corrected chi connectivity index (χ3v) is 3.83. The molecular formula is C12H14N6OS. The predicted molar refractivity (Wildman–Crippen MR) is 77.7 cm³/mol. The summed E-state index contributed by atoms with van der Waals surface area (Å²) in [6.45, 7) is 3.94. The highest BCUT2D eigenvalue weighted by molar-refractivity contribution is 7.20. The van der Waals surface area contributed by atoms with Gasteiger partial charge in [-0.2, -0.15) is 9.61 Å². The van der Waals surface area contributed by atoms with Crippen molar-refractivity contribution in [3.8, 4) is 0 Å². The second kappa shape index (κ2) is 4.71. The fraction of sp³-hybridized carbons (Fsp3) is 0.333. The SMILES string of the molecule is CCc1cc(=O)n2nc(Nc3cc(C)n(C)n3)sc2n1. The van der Waals surface area contributed by atoms with Gasteiger partial charge in [0.1, 0.15) is 0 Å². The van der Waals surface area contributed by atoms with Crippen molar-refractivity contribution in [2.45, 2.75) is 20.3 Å². The molecule has 0 fully saturated rings. The summed E-state index contributed by atoms with van der Waals surface area (Å²) in [4.78, 5) is 16.9. The van der Waals surface area contributed by atoms with Crippen LogP contribution in [0.2, 0.25) is 0 Å². The van der Waals surface area contributed by atoms with Gasteiger partial charge >= 0.3 is 0 Å². The fourth-order valence-corrected chi connectivity index (χ4v) is 2.65. The molecule has 0 unspecified atom stereocenters. The molecule has 3 heterocycles. The molecule has 20 heavy (non-hydrogen) atoms. The molecule has 0 aromatic carbocycles. The number of rotatable bonds is 3. The number of hydrogen-bond acceptors (Lipinski definition) is 6. The van der Waals surface area contributed by atoms with Crippen LogP contribution >= 0.6 is 11.3 Å². The van der Waals surface area contributed by atoms with Gasteiger partial charge in [-0.05, 0) is 13.3 Å². The second-order valence-electron chi connectivity index (χ2n) is 4.46. The molecule has 3 aromatic heterocycles. The Morgan fingerprint density at radius 1 is 1.35 bits per heavy atom. The van der Waals surface area contributed by atoms with Crippen molar-refractivity contribution < 1.29 is 0 Å². The summed E-state index contributed by atoms with van der Waals surface area (Å²) in [5.41, 5.74) is 1.66. The van der Waals surface area contributed by atoms with Crippen LogP contribution in [0.5, 0.6) is 0 Å². The Morgan fingerprint density at radius 3 is 2.80 bits per heavy atom. The van der Waals surface area contributed by atoms with Crippen molar-refractivity contribution in [2.75, 3.05) is 5.32 Å². The quantitative estimate of drug-likeness (QED) is 0.791. The first-order chi connectivity index (χ1) is 9.56. The smallest absolute Gasteiger partial charge is 0.275 e. The lowest BCUT2D eigenvalue weighted by Crippen LogP contribution is -2.15. The topological polar surface area (TPSA) is 77.1 Å². The van der Waals surface area contributed by atoms with Gasteiger partial charge in [0, 0.05) is 30.6 Å². The van der Waals surface area contributed by atoms with Crippen molar-refractivity contribution in [2.24, 2.45) is 7.05 Å². The van der Waals surface area contributed by atoms with Crippen LogP contribution in [0.3, 0.4) is 0 Å². The van der Waals surface area contributed by atoms with Gasteiger partial charge < -0.3 is 5.32 Å². The Balaban J connectivity index is 2.00. The Hall–Kier alpha value is -2.22. The molecule has 7 nitrogen and oxygen atoms in total. The average Bonchev–Trinajstić information content (AvgIpc) is 2.94. The molecule has 0 aliphatic carbocycles. The van der Waals surface area contributed by atoms with E-state index >= 15 is 0 Å². The van der Waals surface area contributed by atoms with Crippen molar-refractivity contribution >= 4 is 27.2 Å². The summed E-state index contributed by atoms with van der Waals surface area (Å²) in [7, 11) is 1.87. The Bertz CT molecular complexity index is 811. The van der Waals surface area contributed by atoms with Gasteiger partial charge in [0.05, 0.1) is 0 Å². The number of nitrogens with one attached hydrogen (secondary N) is 1. The molecular weight excluding hydrogens is 276 g/mol. The highest BCUT2D eigenvalue weighted by Crippen LogP contribution is 2.21. The molecule has 0 aliphatic heterocycles. The van der Waals surface area contributed by atoms with Gasteiger partial charge in [0.25, 0.3) is 5.56 Å². The lowest BCUT2D eigenvalue weighted by molar-refractivity contribution is 0.743. The van der Waals surface area contributed by atoms with Crippen molar-refractivity contribution in [3.63, 3.8) is 0 Å². The maximum absolute atomic E-state index is 11.9. The first-order valence-corrected chi connectivity index (χ1v) is 7.06. The molecule has 0 aliphatic rings. The number of aromatic nitrogens is 5. The van der Waals surface area contributed by atoms with Crippen LogP contribution in [0.15, 0.2) is 16.9 Å². The summed E-state index contributed by atoms with van der Waals surface area (Å²) in [5.74, 6) is 0.702. The zero-order chi connectivity index (χ0) is 14.3. The number of hydrogen-bond donors (Lipinski definition) is 1. The molecule has 3 rings (SSSR count). The van der Waals surface area contributed by atoms with Gasteiger partial charge in [0.15, 0.2) is 5.82 Å². The predicted octanol–water partition coefficient (Wildman–Crippen LogP) is 1.50. The Kier molecular flexibility index (Phi) is 3.01. The van der Waals surface area contributed by atoms with Gasteiger partial charge in [-0.25, -0.2) is 4.98 Å². The first-order valence-electron chi connectivity index (χ1n) is 6.24. The molecule has 104 valence electrons. The third kappa shape index (κ3) is 2.18. The molecule has 0 amide bonds. The van der Waals surface area contributed by atoms with E-state index in [0.29, 0.717) is 15.9 Å². The first kappa shape index (κ1) is 12.8. The maximum Gasteiger partial charge on any atom is 0.275 e. The summed E-state index contributed by atoms with van der Waals surface area (Å²) in [5, 5.41) is 12.2.